The van der Waals surface area contributed by atoms with Gasteiger partial charge in [0.15, 0.2) is 0 Å². The molecule has 0 aliphatic heterocycles. The van der Waals surface area contributed by atoms with Gasteiger partial charge in [0.05, 0.1) is 11.2 Å². The van der Waals surface area contributed by atoms with Crippen molar-refractivity contribution in [2.24, 2.45) is 0 Å². The predicted octanol–water partition coefficient (Wildman–Crippen LogP) is 5.18. The molecule has 1 heterocycles. The molecule has 6 rings (SSSR count). The molecule has 1 aromatic heterocycles. The van der Waals surface area contributed by atoms with Crippen LogP contribution in [0, 0.1) is 0 Å². The van der Waals surface area contributed by atoms with E-state index in [1.807, 2.05) is 11.3 Å². The second kappa shape index (κ2) is 6.45. The number of fused-ring (bicyclic) bond motifs is 7. The molecule has 0 saturated heterocycles. The van der Waals surface area contributed by atoms with E-state index < -0.39 is 11.2 Å². The first kappa shape index (κ1) is 20.0. The summed E-state index contributed by atoms with van der Waals surface area (Å²) in [5.41, 5.74) is 4.92. The van der Waals surface area contributed by atoms with E-state index in [-0.39, 0.29) is 0 Å². The van der Waals surface area contributed by atoms with E-state index >= 15 is 0 Å². The molecule has 1 aliphatic carbocycles. The Morgan fingerprint density at radius 1 is 0.750 bits per heavy atom. The molecule has 2 N–H and O–H groups in total. The average Bonchev–Trinajstić information content (AvgIpc) is 3.25. The predicted molar refractivity (Wildman–Crippen MR) is 140 cm³/mol. The fourth-order valence-electron chi connectivity index (χ4n) is 5.19. The van der Waals surface area contributed by atoms with Gasteiger partial charge in [-0.05, 0) is 76.9 Å². The van der Waals surface area contributed by atoms with Crippen molar-refractivity contribution in [2.75, 3.05) is 0 Å². The van der Waals surface area contributed by atoms with Crippen molar-refractivity contribution in [2.45, 2.75) is 38.4 Å². The van der Waals surface area contributed by atoms with E-state index in [9.17, 15) is 10.2 Å². The average molecular weight is 436 g/mol. The quantitative estimate of drug-likeness (QED) is 0.376. The summed E-state index contributed by atoms with van der Waals surface area (Å²) < 4.78 is 2.61. The minimum atomic E-state index is -1.24. The van der Waals surface area contributed by atoms with Gasteiger partial charge in [0.2, 0.25) is 0 Å². The first-order chi connectivity index (χ1) is 15.2. The number of rotatable bonds is 3. The van der Waals surface area contributed by atoms with E-state index in [0.717, 1.165) is 5.56 Å². The minimum absolute atomic E-state index is 0.383. The third-order valence-corrected chi connectivity index (χ3v) is 8.44. The van der Waals surface area contributed by atoms with Gasteiger partial charge in [-0.15, -0.1) is 11.3 Å². The first-order valence-corrected chi connectivity index (χ1v) is 11.9. The van der Waals surface area contributed by atoms with Gasteiger partial charge in [-0.2, -0.15) is 0 Å². The van der Waals surface area contributed by atoms with Crippen molar-refractivity contribution in [1.29, 1.82) is 0 Å². The molecule has 2 nitrogen and oxygen atoms in total. The summed E-state index contributed by atoms with van der Waals surface area (Å²) in [6.07, 6.45) is 0.383. The van der Waals surface area contributed by atoms with Crippen molar-refractivity contribution >= 4 is 55.6 Å². The number of thiophene rings is 1. The summed E-state index contributed by atoms with van der Waals surface area (Å²) in [6.45, 7) is 5.07. The summed E-state index contributed by atoms with van der Waals surface area (Å²) in [6, 6.07) is 22.0. The van der Waals surface area contributed by atoms with Crippen LogP contribution in [-0.2, 0) is 6.42 Å². The van der Waals surface area contributed by atoms with Crippen molar-refractivity contribution in [3.8, 4) is 22.3 Å². The fourth-order valence-corrected chi connectivity index (χ4v) is 6.43. The van der Waals surface area contributed by atoms with E-state index in [1.54, 1.807) is 20.8 Å². The molecule has 0 spiro atoms. The summed E-state index contributed by atoms with van der Waals surface area (Å²) in [4.78, 5) is 0. The van der Waals surface area contributed by atoms with E-state index in [0.29, 0.717) is 6.42 Å². The molecule has 158 valence electrons. The summed E-state index contributed by atoms with van der Waals surface area (Å²) >= 11 is 1.85. The zero-order valence-corrected chi connectivity index (χ0v) is 19.6. The molecule has 4 heteroatoms. The molecule has 4 aromatic carbocycles. The second-order valence-electron chi connectivity index (χ2n) is 9.97. The lowest BCUT2D eigenvalue weighted by Crippen LogP contribution is -2.49. The fraction of sp³-hybridized carbons (Fsp3) is 0.214. The van der Waals surface area contributed by atoms with Crippen molar-refractivity contribution in [3.05, 3.63) is 66.2 Å². The Morgan fingerprint density at radius 2 is 1.44 bits per heavy atom. The highest BCUT2D eigenvalue weighted by atomic mass is 32.1. The van der Waals surface area contributed by atoms with Crippen LogP contribution in [0.25, 0.3) is 53.2 Å². The third-order valence-electron chi connectivity index (χ3n) is 7.34. The smallest absolute Gasteiger partial charge is 0.140 e. The number of aliphatic hydroxyl groups is 2. The molecule has 1 atom stereocenters. The van der Waals surface area contributed by atoms with Crippen molar-refractivity contribution in [1.82, 2.24) is 0 Å². The second-order valence-corrected chi connectivity index (χ2v) is 11.1. The van der Waals surface area contributed by atoms with Crippen LogP contribution in [0.15, 0.2) is 60.7 Å². The number of hydrogen-bond acceptors (Lipinski definition) is 3. The maximum Gasteiger partial charge on any atom is 0.140 e. The van der Waals surface area contributed by atoms with E-state index in [2.05, 4.69) is 68.5 Å². The van der Waals surface area contributed by atoms with Gasteiger partial charge < -0.3 is 10.2 Å². The molecule has 0 bridgehead atoms. The van der Waals surface area contributed by atoms with Gasteiger partial charge in [-0.25, -0.2) is 0 Å². The summed E-state index contributed by atoms with van der Waals surface area (Å²) in [5, 5.41) is 26.8. The van der Waals surface area contributed by atoms with Gasteiger partial charge in [0, 0.05) is 21.2 Å². The molecule has 1 aliphatic rings. The van der Waals surface area contributed by atoms with Gasteiger partial charge in [0.1, 0.15) is 7.85 Å². The molecule has 0 fully saturated rings. The Kier molecular flexibility index (Phi) is 4.03. The van der Waals surface area contributed by atoms with Crippen LogP contribution in [0.1, 0.15) is 26.3 Å². The molecule has 0 radical (unpaired) electrons. The monoisotopic (exact) mass is 436 g/mol. The van der Waals surface area contributed by atoms with Crippen LogP contribution in [0.3, 0.4) is 0 Å². The molecular weight excluding hydrogens is 411 g/mol. The Bertz CT molecular complexity index is 1570. The van der Waals surface area contributed by atoms with Gasteiger partial charge >= 0.3 is 0 Å². The summed E-state index contributed by atoms with van der Waals surface area (Å²) in [5.74, 6) is 0. The van der Waals surface area contributed by atoms with Gasteiger partial charge in [0.25, 0.3) is 0 Å². The molecular formula is C28H25BO2S. The minimum Gasteiger partial charge on any atom is -0.387 e. The van der Waals surface area contributed by atoms with Crippen LogP contribution in [0.2, 0.25) is 0 Å². The van der Waals surface area contributed by atoms with Gasteiger partial charge in [-0.3, -0.25) is 0 Å². The third kappa shape index (κ3) is 2.67. The van der Waals surface area contributed by atoms with Crippen LogP contribution in [-0.4, -0.2) is 29.3 Å². The highest BCUT2D eigenvalue weighted by Gasteiger charge is 2.38. The number of benzene rings is 4. The zero-order valence-electron chi connectivity index (χ0n) is 18.8. The first-order valence-electron chi connectivity index (χ1n) is 11.1. The molecule has 0 saturated carbocycles. The topological polar surface area (TPSA) is 40.5 Å². The Labute approximate surface area is 192 Å². The van der Waals surface area contributed by atoms with Crippen LogP contribution < -0.4 is 5.46 Å². The van der Waals surface area contributed by atoms with Crippen molar-refractivity contribution < 1.29 is 10.2 Å². The molecule has 32 heavy (non-hydrogen) atoms. The maximum absolute atomic E-state index is 11.1. The lowest BCUT2D eigenvalue weighted by Gasteiger charge is -2.36. The Hall–Kier alpha value is -2.66. The van der Waals surface area contributed by atoms with Gasteiger partial charge in [-0.1, -0.05) is 54.0 Å². The zero-order chi connectivity index (χ0) is 22.4. The van der Waals surface area contributed by atoms with Crippen LogP contribution in [0.5, 0.6) is 0 Å². The van der Waals surface area contributed by atoms with Crippen molar-refractivity contribution in [3.63, 3.8) is 0 Å². The maximum atomic E-state index is 11.1. The SMILES string of the molecule is Bc1cccc2sc3cc4c5c(cc(CC(C)(O)C(C)(C)O)cc5c3c12)-c1ccccc1-4. The number of hydrogen-bond donors (Lipinski definition) is 2. The normalized spacial score (nSPS) is 14.9. The highest BCUT2D eigenvalue weighted by molar-refractivity contribution is 7.26. The molecule has 1 unspecified atom stereocenters. The van der Waals surface area contributed by atoms with Crippen LogP contribution in [0.4, 0.5) is 0 Å². The largest absolute Gasteiger partial charge is 0.387 e. The standard InChI is InChI=1S/C28H25BO2S/c1-27(2,30)28(3,31)14-15-11-18-16-7-4-5-8-17(16)19-13-23-25(20(12-15)24(18)19)26-21(29)9-6-10-22(26)32-23/h4-13,30-31H,14,29H2,1-3H3. The molecule has 5 aromatic rings. The molecule has 0 amide bonds. The lowest BCUT2D eigenvalue weighted by molar-refractivity contribution is -0.118. The lowest BCUT2D eigenvalue weighted by atomic mass is 9.81. The van der Waals surface area contributed by atoms with E-state index in [4.69, 9.17) is 0 Å². The Morgan fingerprint density at radius 3 is 2.12 bits per heavy atom. The Balaban J connectivity index is 1.76. The van der Waals surface area contributed by atoms with Crippen LogP contribution >= 0.6 is 11.3 Å². The summed E-state index contributed by atoms with van der Waals surface area (Å²) in [7, 11) is 2.19. The highest BCUT2D eigenvalue weighted by Crippen LogP contribution is 2.52. The van der Waals surface area contributed by atoms with E-state index in [1.165, 1.54) is 58.7 Å².